The summed E-state index contributed by atoms with van der Waals surface area (Å²) in [6.45, 7) is 16.3. The lowest BCUT2D eigenvalue weighted by Gasteiger charge is -2.43. The standard InChI is InChI=1S/C24H44O3/c1-23(2,3)19-14-20(15-19)26-10-8-7-9-25-16-18-13-22(18)17-11-21(12-17)27-24(4,5)6/h17-22H,7-16H2,1-6H3. The Kier molecular flexibility index (Phi) is 6.97. The minimum absolute atomic E-state index is 0.0123. The molecule has 0 heterocycles. The van der Waals surface area contributed by atoms with Gasteiger partial charge in [-0.2, -0.15) is 0 Å². The third kappa shape index (κ3) is 6.72. The molecule has 2 unspecified atom stereocenters. The molecule has 0 amide bonds. The monoisotopic (exact) mass is 380 g/mol. The molecule has 0 saturated heterocycles. The first kappa shape index (κ1) is 21.6. The Labute approximate surface area is 167 Å². The normalized spacial score (nSPS) is 36.2. The fourth-order valence-electron chi connectivity index (χ4n) is 4.79. The summed E-state index contributed by atoms with van der Waals surface area (Å²) in [7, 11) is 0. The van der Waals surface area contributed by atoms with Crippen molar-refractivity contribution in [2.24, 2.45) is 29.1 Å². The van der Waals surface area contributed by atoms with Crippen LogP contribution in [0.2, 0.25) is 0 Å². The number of ether oxygens (including phenoxy) is 3. The van der Waals surface area contributed by atoms with Crippen molar-refractivity contribution in [3.05, 3.63) is 0 Å². The molecule has 2 atom stereocenters. The molecule has 0 aromatic heterocycles. The summed E-state index contributed by atoms with van der Waals surface area (Å²) in [4.78, 5) is 0. The van der Waals surface area contributed by atoms with Crippen molar-refractivity contribution in [2.45, 2.75) is 104 Å². The average Bonchev–Trinajstić information content (AvgIpc) is 3.19. The summed E-state index contributed by atoms with van der Waals surface area (Å²) < 4.78 is 18.0. The highest BCUT2D eigenvalue weighted by Crippen LogP contribution is 2.52. The van der Waals surface area contributed by atoms with E-state index in [0.717, 1.165) is 56.3 Å². The molecule has 0 radical (unpaired) electrons. The van der Waals surface area contributed by atoms with E-state index in [1.165, 1.54) is 32.1 Å². The third-order valence-electron chi connectivity index (χ3n) is 6.92. The van der Waals surface area contributed by atoms with Crippen LogP contribution in [0.1, 0.15) is 86.5 Å². The van der Waals surface area contributed by atoms with Gasteiger partial charge >= 0.3 is 0 Å². The smallest absolute Gasteiger partial charge is 0.0602 e. The molecule has 3 aliphatic rings. The topological polar surface area (TPSA) is 27.7 Å². The predicted octanol–water partition coefficient (Wildman–Crippen LogP) is 5.85. The molecule has 3 aliphatic carbocycles. The first-order valence-electron chi connectivity index (χ1n) is 11.5. The zero-order chi connectivity index (χ0) is 19.7. The first-order chi connectivity index (χ1) is 12.6. The van der Waals surface area contributed by atoms with Gasteiger partial charge in [0.2, 0.25) is 0 Å². The minimum Gasteiger partial charge on any atom is -0.381 e. The van der Waals surface area contributed by atoms with Gasteiger partial charge in [0.25, 0.3) is 0 Å². The molecule has 3 rings (SSSR count). The van der Waals surface area contributed by atoms with E-state index in [9.17, 15) is 0 Å². The van der Waals surface area contributed by atoms with Gasteiger partial charge in [-0.05, 0) is 94.8 Å². The predicted molar refractivity (Wildman–Crippen MR) is 111 cm³/mol. The maximum absolute atomic E-state index is 6.06. The SMILES string of the molecule is CC(C)(C)OC1CC(C2CC2COCCCCOC2CC(C(C)(C)C)C2)C1. The highest BCUT2D eigenvalue weighted by Gasteiger charge is 2.48. The molecule has 158 valence electrons. The van der Waals surface area contributed by atoms with Crippen LogP contribution in [0.5, 0.6) is 0 Å². The van der Waals surface area contributed by atoms with Crippen molar-refractivity contribution in [2.75, 3.05) is 19.8 Å². The fraction of sp³-hybridized carbons (Fsp3) is 1.00. The number of hydrogen-bond donors (Lipinski definition) is 0. The molecule has 3 saturated carbocycles. The second kappa shape index (κ2) is 8.71. The van der Waals surface area contributed by atoms with Gasteiger partial charge in [-0.25, -0.2) is 0 Å². The molecule has 3 fully saturated rings. The summed E-state index contributed by atoms with van der Waals surface area (Å²) in [5.41, 5.74) is 0.465. The summed E-state index contributed by atoms with van der Waals surface area (Å²) in [6.07, 6.45) is 9.74. The van der Waals surface area contributed by atoms with E-state index in [4.69, 9.17) is 14.2 Å². The van der Waals surface area contributed by atoms with Crippen LogP contribution < -0.4 is 0 Å². The molecule has 3 heteroatoms. The lowest BCUT2D eigenvalue weighted by Crippen LogP contribution is -2.39. The summed E-state index contributed by atoms with van der Waals surface area (Å²) in [6, 6.07) is 0. The Morgan fingerprint density at radius 3 is 2.07 bits per heavy atom. The van der Waals surface area contributed by atoms with Gasteiger partial charge in [0.15, 0.2) is 0 Å². The van der Waals surface area contributed by atoms with E-state index in [0.29, 0.717) is 17.6 Å². The second-order valence-corrected chi connectivity index (χ2v) is 11.6. The first-order valence-corrected chi connectivity index (χ1v) is 11.5. The Hall–Kier alpha value is -0.120. The highest BCUT2D eigenvalue weighted by molar-refractivity contribution is 4.98. The van der Waals surface area contributed by atoms with E-state index in [2.05, 4.69) is 41.5 Å². The van der Waals surface area contributed by atoms with Crippen LogP contribution in [0.3, 0.4) is 0 Å². The number of unbranched alkanes of at least 4 members (excludes halogenated alkanes) is 1. The van der Waals surface area contributed by atoms with Crippen LogP contribution in [0.25, 0.3) is 0 Å². The lowest BCUT2D eigenvalue weighted by molar-refractivity contribution is -0.116. The van der Waals surface area contributed by atoms with E-state index in [-0.39, 0.29) is 5.60 Å². The largest absolute Gasteiger partial charge is 0.381 e. The molecule has 0 aromatic rings. The quantitative estimate of drug-likeness (QED) is 0.445. The van der Waals surface area contributed by atoms with Gasteiger partial charge in [0, 0.05) is 19.8 Å². The van der Waals surface area contributed by atoms with Crippen molar-refractivity contribution in [3.63, 3.8) is 0 Å². The molecule has 0 aromatic carbocycles. The van der Waals surface area contributed by atoms with Gasteiger partial charge in [0.1, 0.15) is 0 Å². The molecule has 27 heavy (non-hydrogen) atoms. The van der Waals surface area contributed by atoms with Crippen molar-refractivity contribution in [1.29, 1.82) is 0 Å². The van der Waals surface area contributed by atoms with E-state index in [1.807, 2.05) is 0 Å². The number of rotatable bonds is 10. The molecule has 0 aliphatic heterocycles. The Morgan fingerprint density at radius 1 is 0.778 bits per heavy atom. The van der Waals surface area contributed by atoms with Crippen molar-refractivity contribution in [3.8, 4) is 0 Å². The van der Waals surface area contributed by atoms with Crippen LogP contribution in [0.4, 0.5) is 0 Å². The van der Waals surface area contributed by atoms with Crippen molar-refractivity contribution < 1.29 is 14.2 Å². The van der Waals surface area contributed by atoms with Gasteiger partial charge in [0.05, 0.1) is 17.8 Å². The summed E-state index contributed by atoms with van der Waals surface area (Å²) >= 11 is 0. The Bertz CT molecular complexity index is 449. The van der Waals surface area contributed by atoms with Crippen LogP contribution in [-0.4, -0.2) is 37.6 Å². The van der Waals surface area contributed by atoms with E-state index >= 15 is 0 Å². The zero-order valence-corrected chi connectivity index (χ0v) is 18.8. The maximum Gasteiger partial charge on any atom is 0.0602 e. The lowest BCUT2D eigenvalue weighted by atomic mass is 9.67. The maximum atomic E-state index is 6.06. The molecule has 0 N–H and O–H groups in total. The van der Waals surface area contributed by atoms with Crippen molar-refractivity contribution >= 4 is 0 Å². The zero-order valence-electron chi connectivity index (χ0n) is 18.8. The van der Waals surface area contributed by atoms with Gasteiger partial charge in [-0.1, -0.05) is 20.8 Å². The third-order valence-corrected chi connectivity index (χ3v) is 6.92. The summed E-state index contributed by atoms with van der Waals surface area (Å²) in [5, 5.41) is 0. The second-order valence-electron chi connectivity index (χ2n) is 11.6. The molecular weight excluding hydrogens is 336 g/mol. The average molecular weight is 381 g/mol. The van der Waals surface area contributed by atoms with Gasteiger partial charge in [-0.15, -0.1) is 0 Å². The van der Waals surface area contributed by atoms with Crippen LogP contribution in [0.15, 0.2) is 0 Å². The Morgan fingerprint density at radius 2 is 1.44 bits per heavy atom. The minimum atomic E-state index is 0.0123. The van der Waals surface area contributed by atoms with Crippen LogP contribution in [-0.2, 0) is 14.2 Å². The van der Waals surface area contributed by atoms with Crippen LogP contribution in [0, 0.1) is 29.1 Å². The number of hydrogen-bond acceptors (Lipinski definition) is 3. The van der Waals surface area contributed by atoms with Gasteiger partial charge < -0.3 is 14.2 Å². The highest BCUT2D eigenvalue weighted by atomic mass is 16.5. The molecule has 0 spiro atoms. The fourth-order valence-corrected chi connectivity index (χ4v) is 4.79. The molecular formula is C24H44O3. The summed E-state index contributed by atoms with van der Waals surface area (Å²) in [5.74, 6) is 3.50. The van der Waals surface area contributed by atoms with Crippen LogP contribution >= 0.6 is 0 Å². The van der Waals surface area contributed by atoms with Gasteiger partial charge in [-0.3, -0.25) is 0 Å². The Balaban J connectivity index is 1.11. The van der Waals surface area contributed by atoms with Crippen molar-refractivity contribution in [1.82, 2.24) is 0 Å². The molecule has 0 bridgehead atoms. The van der Waals surface area contributed by atoms with E-state index < -0.39 is 0 Å². The molecule has 3 nitrogen and oxygen atoms in total. The van der Waals surface area contributed by atoms with E-state index in [1.54, 1.807) is 0 Å².